The van der Waals surface area contributed by atoms with Gasteiger partial charge in [-0.15, -0.1) is 0 Å². The Morgan fingerprint density at radius 3 is 1.35 bits per heavy atom. The standard InChI is InChI=1S/C56H103NO5/c1-4-7-10-13-16-19-22-24-25-26-27-28-29-31-34-37-40-43-46-49-56(61)62-52(47-44-41-38-35-33-30-23-20-17-14-11-8-5-2)50-55(60)57-53(51-58)54(59)48-45-42-39-36-32-21-18-15-12-9-6-3/h16-17,19-20,23-25,30,52-54,58-59H,4-15,18,21-22,26-29,31-51H2,1-3H3,(H,57,60)/b19-16-,20-17+,25-24-,30-23+. The van der Waals surface area contributed by atoms with E-state index in [0.717, 1.165) is 83.5 Å². The number of unbranched alkanes of at least 4 members (excludes halogenated alkanes) is 29. The van der Waals surface area contributed by atoms with E-state index >= 15 is 0 Å². The summed E-state index contributed by atoms with van der Waals surface area (Å²) in [6.07, 6.45) is 60.3. The SMILES string of the molecule is CCCCC/C=C\C/C=C\CCCCCCCCCCCC(=O)OC(CCCCCC/C=C/C=C/CCCCC)CC(=O)NC(CO)C(O)CCCCCCCCCCCCC. The third-order valence-corrected chi connectivity index (χ3v) is 12.2. The Morgan fingerprint density at radius 1 is 0.484 bits per heavy atom. The number of aliphatic hydroxyl groups is 2. The molecule has 0 aliphatic heterocycles. The van der Waals surface area contributed by atoms with Crippen molar-refractivity contribution in [1.29, 1.82) is 0 Å². The number of hydrogen-bond donors (Lipinski definition) is 3. The van der Waals surface area contributed by atoms with E-state index in [-0.39, 0.29) is 24.9 Å². The molecule has 0 bridgehead atoms. The largest absolute Gasteiger partial charge is 0.462 e. The molecule has 0 heterocycles. The van der Waals surface area contributed by atoms with Crippen LogP contribution in [0.25, 0.3) is 0 Å². The van der Waals surface area contributed by atoms with Gasteiger partial charge in [-0.3, -0.25) is 9.59 Å². The average molecular weight is 870 g/mol. The van der Waals surface area contributed by atoms with Gasteiger partial charge in [0.05, 0.1) is 25.2 Å². The summed E-state index contributed by atoms with van der Waals surface area (Å²) in [6, 6.07) is -0.708. The highest BCUT2D eigenvalue weighted by molar-refractivity contribution is 5.77. The summed E-state index contributed by atoms with van der Waals surface area (Å²) in [6.45, 7) is 6.43. The fourth-order valence-corrected chi connectivity index (χ4v) is 8.04. The van der Waals surface area contributed by atoms with Gasteiger partial charge < -0.3 is 20.3 Å². The maximum absolute atomic E-state index is 13.2. The highest BCUT2D eigenvalue weighted by Gasteiger charge is 2.24. The van der Waals surface area contributed by atoms with Gasteiger partial charge in [-0.1, -0.05) is 223 Å². The molecule has 3 unspecified atom stereocenters. The first-order valence-corrected chi connectivity index (χ1v) is 26.9. The summed E-state index contributed by atoms with van der Waals surface area (Å²) in [5.41, 5.74) is 0. The molecular weight excluding hydrogens is 767 g/mol. The molecule has 0 aliphatic carbocycles. The van der Waals surface area contributed by atoms with E-state index in [1.54, 1.807) is 0 Å². The number of rotatable bonds is 48. The van der Waals surface area contributed by atoms with E-state index in [4.69, 9.17) is 4.74 Å². The zero-order chi connectivity index (χ0) is 45.2. The first kappa shape index (κ1) is 59.8. The van der Waals surface area contributed by atoms with Crippen LogP contribution in [-0.2, 0) is 14.3 Å². The van der Waals surface area contributed by atoms with Crippen molar-refractivity contribution in [1.82, 2.24) is 5.32 Å². The molecule has 6 nitrogen and oxygen atoms in total. The van der Waals surface area contributed by atoms with Gasteiger partial charge in [0.2, 0.25) is 5.91 Å². The second-order valence-electron chi connectivity index (χ2n) is 18.3. The van der Waals surface area contributed by atoms with E-state index in [0.29, 0.717) is 19.3 Å². The van der Waals surface area contributed by atoms with Crippen molar-refractivity contribution in [3.63, 3.8) is 0 Å². The number of nitrogens with one attached hydrogen (secondary N) is 1. The van der Waals surface area contributed by atoms with Gasteiger partial charge in [0, 0.05) is 6.42 Å². The molecule has 1 amide bonds. The van der Waals surface area contributed by atoms with Crippen LogP contribution in [0.4, 0.5) is 0 Å². The minimum absolute atomic E-state index is 0.0631. The Morgan fingerprint density at radius 2 is 0.871 bits per heavy atom. The summed E-state index contributed by atoms with van der Waals surface area (Å²) >= 11 is 0. The molecule has 362 valence electrons. The van der Waals surface area contributed by atoms with Crippen LogP contribution >= 0.6 is 0 Å². The number of ether oxygens (including phenoxy) is 1. The minimum Gasteiger partial charge on any atom is -0.462 e. The summed E-state index contributed by atoms with van der Waals surface area (Å²) in [4.78, 5) is 26.2. The van der Waals surface area contributed by atoms with Crippen LogP contribution in [0, 0.1) is 0 Å². The Hall–Kier alpha value is -2.18. The van der Waals surface area contributed by atoms with E-state index in [1.165, 1.54) is 141 Å². The third kappa shape index (κ3) is 44.4. The van der Waals surface area contributed by atoms with Gasteiger partial charge in [0.1, 0.15) is 6.10 Å². The van der Waals surface area contributed by atoms with Crippen molar-refractivity contribution in [2.45, 2.75) is 289 Å². The average Bonchev–Trinajstić information content (AvgIpc) is 3.26. The van der Waals surface area contributed by atoms with Crippen molar-refractivity contribution in [2.24, 2.45) is 0 Å². The quantitative estimate of drug-likeness (QED) is 0.0245. The van der Waals surface area contributed by atoms with E-state index in [2.05, 4.69) is 74.7 Å². The fraction of sp³-hybridized carbons (Fsp3) is 0.821. The molecule has 0 fully saturated rings. The zero-order valence-corrected chi connectivity index (χ0v) is 41.3. The van der Waals surface area contributed by atoms with E-state index in [1.807, 2.05) is 0 Å². The maximum atomic E-state index is 13.2. The number of amides is 1. The summed E-state index contributed by atoms with van der Waals surface area (Å²) < 4.78 is 5.93. The van der Waals surface area contributed by atoms with Gasteiger partial charge in [-0.2, -0.15) is 0 Å². The van der Waals surface area contributed by atoms with Gasteiger partial charge >= 0.3 is 5.97 Å². The van der Waals surface area contributed by atoms with Crippen molar-refractivity contribution in [3.05, 3.63) is 48.6 Å². The normalized spacial score (nSPS) is 13.6. The number of hydrogen-bond acceptors (Lipinski definition) is 5. The third-order valence-electron chi connectivity index (χ3n) is 12.2. The predicted molar refractivity (Wildman–Crippen MR) is 269 cm³/mol. The van der Waals surface area contributed by atoms with Crippen LogP contribution in [0.1, 0.15) is 271 Å². The lowest BCUT2D eigenvalue weighted by atomic mass is 10.0. The first-order valence-electron chi connectivity index (χ1n) is 26.9. The molecule has 0 spiro atoms. The van der Waals surface area contributed by atoms with Gasteiger partial charge in [-0.25, -0.2) is 0 Å². The van der Waals surface area contributed by atoms with Crippen molar-refractivity contribution in [3.8, 4) is 0 Å². The molecule has 3 N–H and O–H groups in total. The molecule has 0 aromatic heterocycles. The van der Waals surface area contributed by atoms with Crippen molar-refractivity contribution >= 4 is 11.9 Å². The van der Waals surface area contributed by atoms with Gasteiger partial charge in [0.15, 0.2) is 0 Å². The lowest BCUT2D eigenvalue weighted by Crippen LogP contribution is -2.46. The monoisotopic (exact) mass is 870 g/mol. The highest BCUT2D eigenvalue weighted by Crippen LogP contribution is 2.18. The van der Waals surface area contributed by atoms with Gasteiger partial charge in [0.25, 0.3) is 0 Å². The smallest absolute Gasteiger partial charge is 0.306 e. The topological polar surface area (TPSA) is 95.9 Å². The molecule has 6 heteroatoms. The van der Waals surface area contributed by atoms with Crippen LogP contribution in [-0.4, -0.2) is 46.9 Å². The molecule has 62 heavy (non-hydrogen) atoms. The Kier molecular flexibility index (Phi) is 48.1. The Labute approximate surface area is 385 Å². The number of esters is 1. The Bertz CT molecular complexity index is 1070. The molecule has 0 aromatic carbocycles. The number of aliphatic hydroxyl groups excluding tert-OH is 2. The molecule has 3 atom stereocenters. The van der Waals surface area contributed by atoms with Crippen LogP contribution in [0.3, 0.4) is 0 Å². The van der Waals surface area contributed by atoms with Crippen molar-refractivity contribution in [2.75, 3.05) is 6.61 Å². The highest BCUT2D eigenvalue weighted by atomic mass is 16.5. The zero-order valence-electron chi connectivity index (χ0n) is 41.3. The molecule has 0 rings (SSSR count). The molecule has 0 aliphatic rings. The van der Waals surface area contributed by atoms with Gasteiger partial charge in [-0.05, 0) is 83.5 Å². The van der Waals surface area contributed by atoms with Crippen molar-refractivity contribution < 1.29 is 24.5 Å². The van der Waals surface area contributed by atoms with E-state index in [9.17, 15) is 19.8 Å². The number of carbonyl (C=O) groups excluding carboxylic acids is 2. The Balaban J connectivity index is 4.55. The lowest BCUT2D eigenvalue weighted by molar-refractivity contribution is -0.151. The number of carbonyl (C=O) groups is 2. The van der Waals surface area contributed by atoms with Crippen LogP contribution in [0.15, 0.2) is 48.6 Å². The molecule has 0 saturated heterocycles. The van der Waals surface area contributed by atoms with Crippen LogP contribution in [0.2, 0.25) is 0 Å². The molecule has 0 aromatic rings. The van der Waals surface area contributed by atoms with Crippen LogP contribution < -0.4 is 5.32 Å². The fourth-order valence-electron chi connectivity index (χ4n) is 8.04. The summed E-state index contributed by atoms with van der Waals surface area (Å²) in [5.74, 6) is -0.493. The lowest BCUT2D eigenvalue weighted by Gasteiger charge is -2.24. The number of allylic oxidation sites excluding steroid dienone is 8. The maximum Gasteiger partial charge on any atom is 0.306 e. The summed E-state index contributed by atoms with van der Waals surface area (Å²) in [5, 5.41) is 23.7. The molecular formula is C56H103NO5. The summed E-state index contributed by atoms with van der Waals surface area (Å²) in [7, 11) is 0. The van der Waals surface area contributed by atoms with E-state index < -0.39 is 18.2 Å². The molecule has 0 radical (unpaired) electrons. The predicted octanol–water partition coefficient (Wildman–Crippen LogP) is 16.2. The first-order chi connectivity index (χ1) is 30.5. The minimum atomic E-state index is -0.793. The van der Waals surface area contributed by atoms with Crippen LogP contribution in [0.5, 0.6) is 0 Å². The second kappa shape index (κ2) is 49.8. The molecule has 0 saturated carbocycles. The second-order valence-corrected chi connectivity index (χ2v) is 18.3.